The molecule has 3 aromatic heterocycles. The molecular weight excluding hydrogens is 365 g/mol. The van der Waals surface area contributed by atoms with Crippen molar-refractivity contribution in [3.63, 3.8) is 0 Å². The van der Waals surface area contributed by atoms with Crippen LogP contribution in [0.4, 0.5) is 10.2 Å². The fraction of sp³-hybridized carbons (Fsp3) is 0.368. The summed E-state index contributed by atoms with van der Waals surface area (Å²) in [7, 11) is 1.50. The standard InChI is InChI=1S/C19H20FN5O3/c1-3-13-16(19(26)27)17-22-15(6-8-25(17)23-13)24-7-4-5-14(24)12-9-11(20)10-21-18(12)28-2/h6,8-10,14H,3-5,7H2,1-2H3,(H,26,27)/t14-/m1/s1. The van der Waals surface area contributed by atoms with E-state index >= 15 is 0 Å². The largest absolute Gasteiger partial charge is 0.481 e. The first-order chi connectivity index (χ1) is 13.5. The molecule has 8 nitrogen and oxygen atoms in total. The van der Waals surface area contributed by atoms with Gasteiger partial charge in [-0.05, 0) is 31.4 Å². The van der Waals surface area contributed by atoms with Gasteiger partial charge in [0.15, 0.2) is 5.65 Å². The summed E-state index contributed by atoms with van der Waals surface area (Å²) in [4.78, 5) is 22.4. The minimum absolute atomic E-state index is 0.116. The number of aromatic nitrogens is 4. The molecule has 3 aromatic rings. The molecule has 0 spiro atoms. The van der Waals surface area contributed by atoms with Crippen molar-refractivity contribution in [2.75, 3.05) is 18.6 Å². The minimum atomic E-state index is -1.05. The number of carboxylic acid groups (broad SMARTS) is 1. The van der Waals surface area contributed by atoms with Crippen molar-refractivity contribution in [2.24, 2.45) is 0 Å². The number of halogens is 1. The highest BCUT2D eigenvalue weighted by molar-refractivity contribution is 5.96. The Hall–Kier alpha value is -3.23. The molecule has 0 bridgehead atoms. The molecule has 0 unspecified atom stereocenters. The van der Waals surface area contributed by atoms with E-state index in [2.05, 4.69) is 15.1 Å². The predicted molar refractivity (Wildman–Crippen MR) is 99.4 cm³/mol. The number of carbonyl (C=O) groups is 1. The summed E-state index contributed by atoms with van der Waals surface area (Å²) in [6, 6.07) is 3.07. The number of aromatic carboxylic acids is 1. The highest BCUT2D eigenvalue weighted by Crippen LogP contribution is 2.39. The van der Waals surface area contributed by atoms with Crippen molar-refractivity contribution in [1.82, 2.24) is 19.6 Å². The SMILES string of the molecule is CCc1nn2ccc(N3CCC[C@@H]3c3cc(F)cnc3OC)nc2c1C(=O)O. The molecule has 0 aromatic carbocycles. The molecule has 146 valence electrons. The van der Waals surface area contributed by atoms with E-state index in [-0.39, 0.29) is 11.6 Å². The zero-order chi connectivity index (χ0) is 19.8. The molecule has 0 radical (unpaired) electrons. The van der Waals surface area contributed by atoms with Crippen LogP contribution in [0.2, 0.25) is 0 Å². The minimum Gasteiger partial charge on any atom is -0.481 e. The number of rotatable bonds is 5. The number of hydrogen-bond donors (Lipinski definition) is 1. The van der Waals surface area contributed by atoms with Gasteiger partial charge < -0.3 is 14.7 Å². The van der Waals surface area contributed by atoms with Crippen molar-refractivity contribution < 1.29 is 19.0 Å². The maximum atomic E-state index is 13.8. The van der Waals surface area contributed by atoms with Crippen molar-refractivity contribution in [1.29, 1.82) is 0 Å². The number of ether oxygens (including phenoxy) is 1. The Morgan fingerprint density at radius 3 is 3.00 bits per heavy atom. The number of aryl methyl sites for hydroxylation is 1. The van der Waals surface area contributed by atoms with Crippen LogP contribution in [0.3, 0.4) is 0 Å². The predicted octanol–water partition coefficient (Wildman–Crippen LogP) is 2.87. The van der Waals surface area contributed by atoms with Gasteiger partial charge in [-0.1, -0.05) is 6.92 Å². The monoisotopic (exact) mass is 385 g/mol. The van der Waals surface area contributed by atoms with Gasteiger partial charge in [-0.15, -0.1) is 0 Å². The van der Waals surface area contributed by atoms with Gasteiger partial charge in [0.2, 0.25) is 5.88 Å². The summed E-state index contributed by atoms with van der Waals surface area (Å²) < 4.78 is 20.6. The number of fused-ring (bicyclic) bond motifs is 1. The van der Waals surface area contributed by atoms with Crippen molar-refractivity contribution >= 4 is 17.4 Å². The highest BCUT2D eigenvalue weighted by atomic mass is 19.1. The first-order valence-electron chi connectivity index (χ1n) is 9.11. The molecule has 0 amide bonds. The van der Waals surface area contributed by atoms with E-state index < -0.39 is 11.8 Å². The fourth-order valence-electron chi connectivity index (χ4n) is 3.81. The Kier molecular flexibility index (Phi) is 4.58. The lowest BCUT2D eigenvalue weighted by Gasteiger charge is -2.26. The van der Waals surface area contributed by atoms with E-state index in [1.807, 2.05) is 11.8 Å². The van der Waals surface area contributed by atoms with Crippen molar-refractivity contribution in [3.05, 3.63) is 47.2 Å². The lowest BCUT2D eigenvalue weighted by Crippen LogP contribution is -2.24. The van der Waals surface area contributed by atoms with Crippen molar-refractivity contribution in [2.45, 2.75) is 32.2 Å². The van der Waals surface area contributed by atoms with Crippen LogP contribution in [0.25, 0.3) is 5.65 Å². The molecule has 1 aliphatic rings. The molecular formula is C19H20FN5O3. The molecule has 1 saturated heterocycles. The van der Waals surface area contributed by atoms with Crippen LogP contribution in [0.15, 0.2) is 24.5 Å². The molecule has 4 heterocycles. The Labute approximate surface area is 160 Å². The molecule has 4 rings (SSSR count). The first-order valence-corrected chi connectivity index (χ1v) is 9.11. The zero-order valence-electron chi connectivity index (χ0n) is 15.6. The smallest absolute Gasteiger partial charge is 0.341 e. The highest BCUT2D eigenvalue weighted by Gasteiger charge is 2.31. The van der Waals surface area contributed by atoms with Crippen LogP contribution in [-0.4, -0.2) is 44.3 Å². The Bertz CT molecular complexity index is 1050. The van der Waals surface area contributed by atoms with Crippen LogP contribution in [0, 0.1) is 5.82 Å². The number of carboxylic acids is 1. The summed E-state index contributed by atoms with van der Waals surface area (Å²) in [6.07, 6.45) is 5.02. The molecule has 1 N–H and O–H groups in total. The number of hydrogen-bond acceptors (Lipinski definition) is 6. The number of nitrogens with zero attached hydrogens (tertiary/aromatic N) is 5. The van der Waals surface area contributed by atoms with E-state index in [4.69, 9.17) is 4.74 Å². The number of methoxy groups -OCH3 is 1. The summed E-state index contributed by atoms with van der Waals surface area (Å²) in [5, 5.41) is 13.9. The molecule has 9 heteroatoms. The van der Waals surface area contributed by atoms with Gasteiger partial charge in [0.05, 0.1) is 25.0 Å². The van der Waals surface area contributed by atoms with Gasteiger partial charge >= 0.3 is 5.97 Å². The normalized spacial score (nSPS) is 16.7. The fourth-order valence-corrected chi connectivity index (χ4v) is 3.81. The Balaban J connectivity index is 1.80. The van der Waals surface area contributed by atoms with E-state index in [1.54, 1.807) is 12.3 Å². The second-order valence-electron chi connectivity index (χ2n) is 6.64. The molecule has 0 aliphatic carbocycles. The number of anilines is 1. The van der Waals surface area contributed by atoms with Crippen LogP contribution < -0.4 is 9.64 Å². The molecule has 1 atom stereocenters. The topological polar surface area (TPSA) is 92.9 Å². The lowest BCUT2D eigenvalue weighted by atomic mass is 10.1. The second kappa shape index (κ2) is 7.06. The summed E-state index contributed by atoms with van der Waals surface area (Å²) >= 11 is 0. The van der Waals surface area contributed by atoms with Gasteiger partial charge in [-0.2, -0.15) is 5.10 Å². The van der Waals surface area contributed by atoms with E-state index in [1.165, 1.54) is 17.7 Å². The van der Waals surface area contributed by atoms with Crippen molar-refractivity contribution in [3.8, 4) is 5.88 Å². The molecule has 1 fully saturated rings. The third-order valence-electron chi connectivity index (χ3n) is 5.04. The second-order valence-corrected chi connectivity index (χ2v) is 6.64. The first kappa shape index (κ1) is 18.1. The van der Waals surface area contributed by atoms with Gasteiger partial charge in [-0.3, -0.25) is 0 Å². The average molecular weight is 385 g/mol. The number of pyridine rings is 1. The maximum Gasteiger partial charge on any atom is 0.341 e. The molecule has 1 aliphatic heterocycles. The van der Waals surface area contributed by atoms with Gasteiger partial charge in [0, 0.05) is 18.3 Å². The Morgan fingerprint density at radius 2 is 2.29 bits per heavy atom. The van der Waals surface area contributed by atoms with Crippen LogP contribution >= 0.6 is 0 Å². The van der Waals surface area contributed by atoms with Crippen LogP contribution in [0.5, 0.6) is 5.88 Å². The van der Waals surface area contributed by atoms with E-state index in [9.17, 15) is 14.3 Å². The zero-order valence-corrected chi connectivity index (χ0v) is 15.6. The summed E-state index contributed by atoms with van der Waals surface area (Å²) in [6.45, 7) is 2.57. The summed E-state index contributed by atoms with van der Waals surface area (Å²) in [5.74, 6) is -0.484. The molecule has 28 heavy (non-hydrogen) atoms. The summed E-state index contributed by atoms with van der Waals surface area (Å²) in [5.41, 5.74) is 1.57. The molecule has 0 saturated carbocycles. The maximum absolute atomic E-state index is 13.8. The van der Waals surface area contributed by atoms with E-state index in [0.29, 0.717) is 41.6 Å². The Morgan fingerprint density at radius 1 is 1.46 bits per heavy atom. The third-order valence-corrected chi connectivity index (χ3v) is 5.04. The van der Waals surface area contributed by atoms with Gasteiger partial charge in [-0.25, -0.2) is 23.7 Å². The lowest BCUT2D eigenvalue weighted by molar-refractivity contribution is 0.0697. The van der Waals surface area contributed by atoms with Gasteiger partial charge in [0.25, 0.3) is 0 Å². The van der Waals surface area contributed by atoms with E-state index in [0.717, 1.165) is 19.0 Å². The third kappa shape index (κ3) is 2.92. The quantitative estimate of drug-likeness (QED) is 0.722. The average Bonchev–Trinajstić information content (AvgIpc) is 3.31. The van der Waals surface area contributed by atoms with Crippen LogP contribution in [0.1, 0.15) is 47.4 Å². The van der Waals surface area contributed by atoms with Gasteiger partial charge in [0.1, 0.15) is 17.2 Å². The van der Waals surface area contributed by atoms with Crippen LogP contribution in [-0.2, 0) is 6.42 Å².